The average molecular weight is 358 g/mol. The smallest absolute Gasteiger partial charge is 0.0932 e. The van der Waals surface area contributed by atoms with Gasteiger partial charge >= 0.3 is 0 Å². The maximum Gasteiger partial charge on any atom is 0.0932 e. The molecule has 2 aromatic carbocycles. The van der Waals surface area contributed by atoms with Crippen LogP contribution in [0.4, 0.5) is 17.1 Å². The molecule has 0 aliphatic heterocycles. The number of fused-ring (bicyclic) bond motifs is 1. The van der Waals surface area contributed by atoms with Crippen LogP contribution in [0.1, 0.15) is 36.5 Å². The third-order valence-corrected chi connectivity index (χ3v) is 5.89. The summed E-state index contributed by atoms with van der Waals surface area (Å²) in [7, 11) is 2.09. The molecule has 2 aromatic rings. The Hall–Kier alpha value is -2.68. The second-order valence-corrected chi connectivity index (χ2v) is 7.82. The summed E-state index contributed by atoms with van der Waals surface area (Å²) in [5.41, 5.74) is 8.13. The molecule has 0 saturated heterocycles. The van der Waals surface area contributed by atoms with Gasteiger partial charge < -0.3 is 4.90 Å². The number of azo groups is 1. The van der Waals surface area contributed by atoms with Crippen LogP contribution in [0.25, 0.3) is 6.08 Å². The van der Waals surface area contributed by atoms with Crippen LogP contribution >= 0.6 is 0 Å². The first-order chi connectivity index (χ1) is 13.0. The molecule has 2 unspecified atom stereocenters. The molecule has 0 bridgehead atoms. The molecule has 0 amide bonds. The molecule has 138 valence electrons. The fourth-order valence-corrected chi connectivity index (χ4v) is 3.85. The molecular formula is C24H27N3. The fraction of sp³-hybridized carbons (Fsp3) is 0.333. The number of rotatable bonds is 5. The molecule has 2 aliphatic rings. The van der Waals surface area contributed by atoms with Crippen molar-refractivity contribution in [2.75, 3.05) is 11.9 Å². The Labute approximate surface area is 162 Å². The Morgan fingerprint density at radius 2 is 1.85 bits per heavy atom. The number of anilines is 1. The van der Waals surface area contributed by atoms with Crippen molar-refractivity contribution in [3.63, 3.8) is 0 Å². The number of allylic oxidation sites excluding steroid dienone is 2. The van der Waals surface area contributed by atoms with Crippen molar-refractivity contribution < 1.29 is 0 Å². The van der Waals surface area contributed by atoms with E-state index in [-0.39, 0.29) is 0 Å². The molecule has 0 heterocycles. The topological polar surface area (TPSA) is 28.0 Å². The third kappa shape index (κ3) is 3.59. The van der Waals surface area contributed by atoms with Crippen molar-refractivity contribution in [3.05, 3.63) is 71.4 Å². The highest BCUT2D eigenvalue weighted by Crippen LogP contribution is 2.44. The van der Waals surface area contributed by atoms with E-state index in [0.29, 0.717) is 5.92 Å². The zero-order valence-electron chi connectivity index (χ0n) is 16.4. The highest BCUT2D eigenvalue weighted by atomic mass is 15.1. The molecule has 0 aromatic heterocycles. The second kappa shape index (κ2) is 7.15. The lowest BCUT2D eigenvalue weighted by Gasteiger charge is -2.22. The van der Waals surface area contributed by atoms with Gasteiger partial charge in [-0.15, -0.1) is 5.11 Å². The van der Waals surface area contributed by atoms with E-state index < -0.39 is 0 Å². The first-order valence-electron chi connectivity index (χ1n) is 9.78. The monoisotopic (exact) mass is 357 g/mol. The normalized spacial score (nSPS) is 20.6. The van der Waals surface area contributed by atoms with Crippen LogP contribution in [0.3, 0.4) is 0 Å². The lowest BCUT2D eigenvalue weighted by molar-refractivity contribution is 0.823. The van der Waals surface area contributed by atoms with Crippen molar-refractivity contribution in [3.8, 4) is 0 Å². The Bertz CT molecular complexity index is 921. The summed E-state index contributed by atoms with van der Waals surface area (Å²) in [5.74, 6) is 1.40. The molecule has 1 fully saturated rings. The number of nitrogens with zero attached hydrogens (tertiary/aromatic N) is 3. The lowest BCUT2D eigenvalue weighted by atomic mass is 9.92. The quantitative estimate of drug-likeness (QED) is 0.531. The molecule has 0 spiro atoms. The summed E-state index contributed by atoms with van der Waals surface area (Å²) < 4.78 is 0. The van der Waals surface area contributed by atoms with E-state index in [2.05, 4.69) is 79.0 Å². The number of hydrogen-bond donors (Lipinski definition) is 0. The first kappa shape index (κ1) is 17.7. The average Bonchev–Trinajstić information content (AvgIpc) is 3.43. The summed E-state index contributed by atoms with van der Waals surface area (Å²) >= 11 is 0. The van der Waals surface area contributed by atoms with Gasteiger partial charge in [-0.3, -0.25) is 0 Å². The molecule has 0 N–H and O–H groups in total. The van der Waals surface area contributed by atoms with E-state index in [1.54, 1.807) is 0 Å². The minimum absolute atomic E-state index is 0.634. The highest BCUT2D eigenvalue weighted by molar-refractivity contribution is 5.70. The predicted octanol–water partition coefficient (Wildman–Crippen LogP) is 6.98. The van der Waals surface area contributed by atoms with Crippen LogP contribution in [0.2, 0.25) is 0 Å². The molecule has 3 heteroatoms. The van der Waals surface area contributed by atoms with Gasteiger partial charge in [-0.2, -0.15) is 5.11 Å². The minimum atomic E-state index is 0.634. The Morgan fingerprint density at radius 3 is 2.56 bits per heavy atom. The van der Waals surface area contributed by atoms with Gasteiger partial charge in [0.1, 0.15) is 0 Å². The van der Waals surface area contributed by atoms with Gasteiger partial charge in [0, 0.05) is 29.9 Å². The van der Waals surface area contributed by atoms with Crippen LogP contribution < -0.4 is 4.90 Å². The van der Waals surface area contributed by atoms with Gasteiger partial charge in [0.15, 0.2) is 0 Å². The van der Waals surface area contributed by atoms with Crippen molar-refractivity contribution >= 4 is 23.1 Å². The number of benzene rings is 2. The third-order valence-electron chi connectivity index (χ3n) is 5.89. The summed E-state index contributed by atoms with van der Waals surface area (Å²) in [5, 5.41) is 9.00. The summed E-state index contributed by atoms with van der Waals surface area (Å²) in [6.45, 7) is 8.72. The van der Waals surface area contributed by atoms with Gasteiger partial charge in [-0.05, 0) is 73.6 Å². The largest absolute Gasteiger partial charge is 0.348 e. The molecule has 2 aliphatic carbocycles. The van der Waals surface area contributed by atoms with Crippen molar-refractivity contribution in [1.29, 1.82) is 0 Å². The Kier molecular flexibility index (Phi) is 4.69. The Morgan fingerprint density at radius 1 is 1.11 bits per heavy atom. The zero-order chi connectivity index (χ0) is 19.0. The van der Waals surface area contributed by atoms with Crippen LogP contribution in [-0.4, -0.2) is 7.05 Å². The van der Waals surface area contributed by atoms with Crippen LogP contribution in [0.15, 0.2) is 65.0 Å². The maximum atomic E-state index is 4.53. The summed E-state index contributed by atoms with van der Waals surface area (Å²) in [6.07, 6.45) is 7.85. The van der Waals surface area contributed by atoms with E-state index in [0.717, 1.165) is 35.8 Å². The van der Waals surface area contributed by atoms with E-state index in [1.165, 1.54) is 28.8 Å². The van der Waals surface area contributed by atoms with Gasteiger partial charge in [0.2, 0.25) is 0 Å². The van der Waals surface area contributed by atoms with Crippen LogP contribution in [0.5, 0.6) is 0 Å². The van der Waals surface area contributed by atoms with Crippen molar-refractivity contribution in [2.45, 2.75) is 33.1 Å². The number of hydrogen-bond acceptors (Lipinski definition) is 3. The van der Waals surface area contributed by atoms with Gasteiger partial charge in [0.25, 0.3) is 0 Å². The van der Waals surface area contributed by atoms with E-state index in [4.69, 9.17) is 0 Å². The molecule has 2 atom stereocenters. The molecule has 1 saturated carbocycles. The molecule has 0 radical (unpaired) electrons. The standard InChI is InChI=1S/C24H27N3/c1-16-9-14-24(22-8-6-5-7-21(16)22)26-25-19-10-12-20(13-11-19)27(4)18(3)23-15-17(23)2/h6,8-14,17,23H,3,5,7,15H2,1-2,4H3. The molecular weight excluding hydrogens is 330 g/mol. The van der Waals surface area contributed by atoms with Gasteiger partial charge in [-0.1, -0.05) is 31.7 Å². The second-order valence-electron chi connectivity index (χ2n) is 7.82. The van der Waals surface area contributed by atoms with E-state index >= 15 is 0 Å². The maximum absolute atomic E-state index is 4.53. The van der Waals surface area contributed by atoms with E-state index in [1.807, 2.05) is 12.1 Å². The summed E-state index contributed by atoms with van der Waals surface area (Å²) in [4.78, 5) is 2.19. The van der Waals surface area contributed by atoms with Crippen molar-refractivity contribution in [1.82, 2.24) is 0 Å². The highest BCUT2D eigenvalue weighted by Gasteiger charge is 2.36. The fourth-order valence-electron chi connectivity index (χ4n) is 3.85. The van der Waals surface area contributed by atoms with Crippen molar-refractivity contribution in [2.24, 2.45) is 22.1 Å². The minimum Gasteiger partial charge on any atom is -0.348 e. The van der Waals surface area contributed by atoms with Gasteiger partial charge in [0.05, 0.1) is 11.4 Å². The van der Waals surface area contributed by atoms with E-state index in [9.17, 15) is 0 Å². The SMILES string of the molecule is C=C(C1CC1C)N(C)c1ccc(N=Nc2ccc(C)c3c2C=CCC3)cc1. The molecule has 4 rings (SSSR count). The van der Waals surface area contributed by atoms with Crippen LogP contribution in [0, 0.1) is 18.8 Å². The zero-order valence-corrected chi connectivity index (χ0v) is 16.4. The first-order valence-corrected chi connectivity index (χ1v) is 9.78. The predicted molar refractivity (Wildman–Crippen MR) is 114 cm³/mol. The van der Waals surface area contributed by atoms with Gasteiger partial charge in [-0.25, -0.2) is 0 Å². The molecule has 3 nitrogen and oxygen atoms in total. The lowest BCUT2D eigenvalue weighted by Crippen LogP contribution is -2.17. The number of aryl methyl sites for hydroxylation is 1. The van der Waals surface area contributed by atoms with Crippen LogP contribution in [-0.2, 0) is 6.42 Å². The summed E-state index contributed by atoms with van der Waals surface area (Å²) in [6, 6.07) is 12.4. The molecule has 27 heavy (non-hydrogen) atoms. The Balaban J connectivity index is 1.51.